The second-order valence-corrected chi connectivity index (χ2v) is 8.77. The minimum Gasteiger partial charge on any atom is -0.508 e. The van der Waals surface area contributed by atoms with Crippen molar-refractivity contribution in [3.63, 3.8) is 0 Å². The van der Waals surface area contributed by atoms with Crippen LogP contribution < -0.4 is 0 Å². The zero-order valence-corrected chi connectivity index (χ0v) is 16.8. The molecule has 0 radical (unpaired) electrons. The van der Waals surface area contributed by atoms with Crippen molar-refractivity contribution in [1.29, 1.82) is 0 Å². The van der Waals surface area contributed by atoms with Crippen molar-refractivity contribution in [3.05, 3.63) is 51.3 Å². The number of alkyl halides is 1. The summed E-state index contributed by atoms with van der Waals surface area (Å²) in [6, 6.07) is 6.88. The second-order valence-electron chi connectivity index (χ2n) is 5.46. The Balaban J connectivity index is 1.72. The maximum absolute atomic E-state index is 11.9. The Hall–Kier alpha value is -0.770. The van der Waals surface area contributed by atoms with Crippen molar-refractivity contribution in [1.82, 2.24) is 0 Å². The Kier molecular flexibility index (Phi) is 6.75. The molecule has 1 aromatic rings. The molecule has 0 saturated carbocycles. The van der Waals surface area contributed by atoms with E-state index in [0.29, 0.717) is 38.0 Å². The number of esters is 1. The molecule has 0 bridgehead atoms. The molecule has 1 aromatic carbocycles. The summed E-state index contributed by atoms with van der Waals surface area (Å²) in [7, 11) is 0. The molecule has 0 fully saturated rings. The maximum atomic E-state index is 11.9. The molecule has 1 aliphatic carbocycles. The highest BCUT2D eigenvalue weighted by atomic mass is 127. The van der Waals surface area contributed by atoms with Crippen molar-refractivity contribution in [3.8, 4) is 5.75 Å². The molecule has 0 saturated heterocycles. The van der Waals surface area contributed by atoms with Gasteiger partial charge in [0.1, 0.15) is 11.5 Å². The van der Waals surface area contributed by atoms with E-state index < -0.39 is 0 Å². The van der Waals surface area contributed by atoms with E-state index in [1.54, 1.807) is 18.2 Å². The van der Waals surface area contributed by atoms with Gasteiger partial charge in [0.15, 0.2) is 0 Å². The van der Waals surface area contributed by atoms with Gasteiger partial charge in [0, 0.05) is 16.3 Å². The van der Waals surface area contributed by atoms with E-state index in [1.807, 2.05) is 18.2 Å². The fourth-order valence-corrected chi connectivity index (χ4v) is 4.44. The van der Waals surface area contributed by atoms with Crippen LogP contribution in [0.5, 0.6) is 5.75 Å². The van der Waals surface area contributed by atoms with E-state index >= 15 is 0 Å². The molecule has 0 aliphatic heterocycles. The molecule has 124 valence electrons. The molecule has 1 unspecified atom stereocenters. The number of phenolic OH excluding ortho intramolecular Hbond substituents is 1. The van der Waals surface area contributed by atoms with Gasteiger partial charge in [0.05, 0.1) is 10.2 Å². The fourth-order valence-electron chi connectivity index (χ4n) is 2.23. The molecule has 0 spiro atoms. The first kappa shape index (κ1) is 18.6. The van der Waals surface area contributed by atoms with Crippen molar-refractivity contribution < 1.29 is 19.7 Å². The predicted octanol–water partition coefficient (Wildman–Crippen LogP) is 4.60. The van der Waals surface area contributed by atoms with Gasteiger partial charge in [-0.1, -0.05) is 40.8 Å². The Morgan fingerprint density at radius 3 is 2.61 bits per heavy atom. The number of hydrogen-bond acceptors (Lipinski definition) is 4. The highest BCUT2D eigenvalue weighted by molar-refractivity contribution is 14.1. The lowest BCUT2D eigenvalue weighted by Crippen LogP contribution is -2.22. The molecule has 6 heteroatoms. The van der Waals surface area contributed by atoms with Crippen LogP contribution in [0, 0.1) is 0 Å². The van der Waals surface area contributed by atoms with Crippen LogP contribution >= 0.6 is 45.2 Å². The summed E-state index contributed by atoms with van der Waals surface area (Å²) in [5.41, 5.74) is 1.02. The Morgan fingerprint density at radius 1 is 1.26 bits per heavy atom. The number of carbonyl (C=O) groups is 1. The zero-order valence-electron chi connectivity index (χ0n) is 12.5. The predicted molar refractivity (Wildman–Crippen MR) is 106 cm³/mol. The van der Waals surface area contributed by atoms with Crippen LogP contribution in [-0.4, -0.2) is 26.2 Å². The summed E-state index contributed by atoms with van der Waals surface area (Å²) in [6.07, 6.45) is 6.19. The molecule has 0 amide bonds. The molecular formula is C17H18I2O4. The van der Waals surface area contributed by atoms with Gasteiger partial charge in [-0.25, -0.2) is 0 Å². The smallest absolute Gasteiger partial charge is 0.305 e. The van der Waals surface area contributed by atoms with E-state index in [0.717, 1.165) is 9.14 Å². The monoisotopic (exact) mass is 540 g/mol. The average Bonchev–Trinajstić information content (AvgIpc) is 2.52. The van der Waals surface area contributed by atoms with E-state index in [-0.39, 0.29) is 15.1 Å². The number of aliphatic hydroxyl groups excluding tert-OH is 1. The quantitative estimate of drug-likeness (QED) is 0.315. The largest absolute Gasteiger partial charge is 0.508 e. The molecule has 1 aliphatic rings. The van der Waals surface area contributed by atoms with E-state index in [9.17, 15) is 15.0 Å². The number of carbonyl (C=O) groups excluding carboxylic acids is 1. The van der Waals surface area contributed by atoms with Gasteiger partial charge in [-0.05, 0) is 59.2 Å². The van der Waals surface area contributed by atoms with Crippen LogP contribution in [0.4, 0.5) is 0 Å². The second kappa shape index (κ2) is 8.36. The SMILES string of the molecule is O=C(CCC1(I)C=C(I)C(O)=CC1)OCCc1ccc(O)cc1. The normalized spacial score (nSPS) is 20.6. The first-order chi connectivity index (χ1) is 10.9. The Bertz CT molecular complexity index is 622. The summed E-state index contributed by atoms with van der Waals surface area (Å²) in [5, 5.41) is 18.8. The van der Waals surface area contributed by atoms with Crippen molar-refractivity contribution in [2.45, 2.75) is 29.1 Å². The van der Waals surface area contributed by atoms with E-state index in [4.69, 9.17) is 4.74 Å². The van der Waals surface area contributed by atoms with Crippen LogP contribution in [0.15, 0.2) is 45.8 Å². The lowest BCUT2D eigenvalue weighted by molar-refractivity contribution is -0.143. The number of aromatic hydroxyl groups is 1. The zero-order chi connectivity index (χ0) is 16.9. The topological polar surface area (TPSA) is 66.8 Å². The van der Waals surface area contributed by atoms with Crippen LogP contribution in [0.1, 0.15) is 24.8 Å². The first-order valence-corrected chi connectivity index (χ1v) is 9.44. The Labute approximate surface area is 162 Å². The molecule has 23 heavy (non-hydrogen) atoms. The third-order valence-corrected chi connectivity index (χ3v) is 5.75. The fraction of sp³-hybridized carbons (Fsp3) is 0.353. The number of benzene rings is 1. The van der Waals surface area contributed by atoms with Crippen LogP contribution in [0.25, 0.3) is 0 Å². The third kappa shape index (κ3) is 5.98. The number of hydrogen-bond donors (Lipinski definition) is 2. The number of allylic oxidation sites excluding steroid dienone is 3. The van der Waals surface area contributed by atoms with Gasteiger partial charge < -0.3 is 14.9 Å². The summed E-state index contributed by atoms with van der Waals surface area (Å²) < 4.78 is 5.95. The van der Waals surface area contributed by atoms with Crippen LogP contribution in [-0.2, 0) is 16.0 Å². The maximum Gasteiger partial charge on any atom is 0.305 e. The van der Waals surface area contributed by atoms with Gasteiger partial charge in [-0.3, -0.25) is 4.79 Å². The molecular weight excluding hydrogens is 522 g/mol. The van der Waals surface area contributed by atoms with Gasteiger partial charge in [0.2, 0.25) is 0 Å². The van der Waals surface area contributed by atoms with Crippen LogP contribution in [0.3, 0.4) is 0 Å². The highest BCUT2D eigenvalue weighted by Crippen LogP contribution is 2.38. The number of rotatable bonds is 6. The van der Waals surface area contributed by atoms with E-state index in [1.165, 1.54) is 0 Å². The highest BCUT2D eigenvalue weighted by Gasteiger charge is 2.28. The average molecular weight is 540 g/mol. The summed E-state index contributed by atoms with van der Waals surface area (Å²) in [4.78, 5) is 11.9. The minimum atomic E-state index is -0.206. The molecule has 2 N–H and O–H groups in total. The first-order valence-electron chi connectivity index (χ1n) is 7.28. The number of phenols is 1. The molecule has 0 heterocycles. The van der Waals surface area contributed by atoms with Crippen LogP contribution in [0.2, 0.25) is 0 Å². The van der Waals surface area contributed by atoms with Gasteiger partial charge >= 0.3 is 5.97 Å². The number of ether oxygens (including phenoxy) is 1. The van der Waals surface area contributed by atoms with Gasteiger partial charge in [0.25, 0.3) is 0 Å². The number of aliphatic hydroxyl groups is 1. The molecule has 4 nitrogen and oxygen atoms in total. The number of halogens is 2. The minimum absolute atomic E-state index is 0.142. The molecule has 2 rings (SSSR count). The van der Waals surface area contributed by atoms with Crippen molar-refractivity contribution in [2.75, 3.05) is 6.61 Å². The lowest BCUT2D eigenvalue weighted by atomic mass is 9.95. The summed E-state index contributed by atoms with van der Waals surface area (Å²) in [6.45, 7) is 0.339. The van der Waals surface area contributed by atoms with Crippen molar-refractivity contribution in [2.24, 2.45) is 0 Å². The summed E-state index contributed by atoms with van der Waals surface area (Å²) >= 11 is 4.43. The third-order valence-electron chi connectivity index (χ3n) is 3.60. The van der Waals surface area contributed by atoms with E-state index in [2.05, 4.69) is 45.2 Å². The Morgan fingerprint density at radius 2 is 1.96 bits per heavy atom. The van der Waals surface area contributed by atoms with Crippen molar-refractivity contribution >= 4 is 51.2 Å². The molecule has 0 aromatic heterocycles. The summed E-state index contributed by atoms with van der Waals surface area (Å²) in [5.74, 6) is 0.338. The standard InChI is InChI=1S/C17H18I2O4/c18-14-11-17(19,8-5-15(14)21)9-6-16(22)23-10-7-12-1-3-13(20)4-2-12/h1-5,11,20-21H,6-10H2. The lowest BCUT2D eigenvalue weighted by Gasteiger charge is -2.26. The van der Waals surface area contributed by atoms with Gasteiger partial charge in [-0.2, -0.15) is 0 Å². The van der Waals surface area contributed by atoms with Gasteiger partial charge in [-0.15, -0.1) is 0 Å². The molecule has 1 atom stereocenters.